The summed E-state index contributed by atoms with van der Waals surface area (Å²) in [5.74, 6) is 2.26. The van der Waals surface area contributed by atoms with Crippen molar-refractivity contribution in [3.8, 4) is 5.75 Å². The van der Waals surface area contributed by atoms with Gasteiger partial charge in [0.25, 0.3) is 0 Å². The molecule has 1 aromatic heterocycles. The van der Waals surface area contributed by atoms with Gasteiger partial charge in [-0.25, -0.2) is 0 Å². The number of likely N-dealkylation sites (tertiary alicyclic amines) is 1. The standard InChI is InChI=1S/C18H23N3O3/c1-3-9-23-15-7-5-13(6-8-15)11-21-12-14(10-17(21)22)18-19-16(4-2)20-24-18/h5-8,14H,3-4,9-12H2,1-2H3. The van der Waals surface area contributed by atoms with E-state index < -0.39 is 0 Å². The maximum atomic E-state index is 12.3. The number of rotatable bonds is 7. The number of benzene rings is 1. The van der Waals surface area contributed by atoms with Crippen LogP contribution >= 0.6 is 0 Å². The number of carbonyl (C=O) groups excluding carboxylic acids is 1. The first kappa shape index (κ1) is 16.5. The van der Waals surface area contributed by atoms with E-state index in [1.54, 1.807) is 0 Å². The molecule has 128 valence electrons. The molecular formula is C18H23N3O3. The fourth-order valence-electron chi connectivity index (χ4n) is 2.80. The molecule has 1 atom stereocenters. The topological polar surface area (TPSA) is 68.5 Å². The van der Waals surface area contributed by atoms with E-state index in [-0.39, 0.29) is 11.8 Å². The Balaban J connectivity index is 1.60. The van der Waals surface area contributed by atoms with Gasteiger partial charge in [-0.1, -0.05) is 31.1 Å². The van der Waals surface area contributed by atoms with E-state index >= 15 is 0 Å². The highest BCUT2D eigenvalue weighted by molar-refractivity contribution is 5.79. The van der Waals surface area contributed by atoms with E-state index in [0.29, 0.717) is 31.2 Å². The van der Waals surface area contributed by atoms with Gasteiger partial charge in [0, 0.05) is 25.9 Å². The predicted octanol–water partition coefficient (Wildman–Crippen LogP) is 2.94. The second-order valence-corrected chi connectivity index (χ2v) is 6.07. The predicted molar refractivity (Wildman–Crippen MR) is 88.7 cm³/mol. The molecule has 0 saturated carbocycles. The fourth-order valence-corrected chi connectivity index (χ4v) is 2.80. The number of aromatic nitrogens is 2. The van der Waals surface area contributed by atoms with Crippen LogP contribution in [-0.4, -0.2) is 34.1 Å². The van der Waals surface area contributed by atoms with Crippen molar-refractivity contribution in [2.45, 2.75) is 45.6 Å². The van der Waals surface area contributed by atoms with Crippen molar-refractivity contribution in [1.82, 2.24) is 15.0 Å². The molecule has 1 aliphatic heterocycles. The number of hydrogen-bond acceptors (Lipinski definition) is 5. The lowest BCUT2D eigenvalue weighted by Gasteiger charge is -2.16. The number of nitrogens with zero attached hydrogens (tertiary/aromatic N) is 3. The summed E-state index contributed by atoms with van der Waals surface area (Å²) in [5, 5.41) is 3.92. The molecule has 0 radical (unpaired) electrons. The van der Waals surface area contributed by atoms with Crippen LogP contribution in [-0.2, 0) is 17.8 Å². The molecule has 1 saturated heterocycles. The third-order valence-corrected chi connectivity index (χ3v) is 4.13. The molecule has 0 N–H and O–H groups in total. The zero-order valence-corrected chi connectivity index (χ0v) is 14.2. The van der Waals surface area contributed by atoms with Crippen LogP contribution in [0, 0.1) is 0 Å². The van der Waals surface area contributed by atoms with Crippen LogP contribution in [0.4, 0.5) is 0 Å². The molecule has 2 aromatic rings. The first-order chi connectivity index (χ1) is 11.7. The fraction of sp³-hybridized carbons (Fsp3) is 0.500. The molecule has 2 heterocycles. The minimum Gasteiger partial charge on any atom is -0.494 e. The SMILES string of the molecule is CCCOc1ccc(CN2CC(c3nc(CC)no3)CC2=O)cc1. The molecular weight excluding hydrogens is 306 g/mol. The van der Waals surface area contributed by atoms with Crippen LogP contribution in [0.25, 0.3) is 0 Å². The molecule has 0 spiro atoms. The molecule has 6 heteroatoms. The third-order valence-electron chi connectivity index (χ3n) is 4.13. The van der Waals surface area contributed by atoms with Gasteiger partial charge in [-0.2, -0.15) is 4.98 Å². The normalized spacial score (nSPS) is 17.5. The Morgan fingerprint density at radius 1 is 1.29 bits per heavy atom. The van der Waals surface area contributed by atoms with Crippen LogP contribution in [0.15, 0.2) is 28.8 Å². The molecule has 6 nitrogen and oxygen atoms in total. The van der Waals surface area contributed by atoms with Crippen molar-refractivity contribution in [3.05, 3.63) is 41.5 Å². The van der Waals surface area contributed by atoms with Crippen LogP contribution < -0.4 is 4.74 Å². The van der Waals surface area contributed by atoms with E-state index in [0.717, 1.165) is 30.8 Å². The van der Waals surface area contributed by atoms with E-state index in [4.69, 9.17) is 9.26 Å². The molecule has 1 aliphatic rings. The number of ether oxygens (including phenoxy) is 1. The van der Waals surface area contributed by atoms with Crippen LogP contribution in [0.5, 0.6) is 5.75 Å². The Morgan fingerprint density at radius 2 is 2.08 bits per heavy atom. The van der Waals surface area contributed by atoms with E-state index in [1.807, 2.05) is 36.1 Å². The molecule has 1 amide bonds. The third kappa shape index (κ3) is 3.75. The van der Waals surface area contributed by atoms with Gasteiger partial charge < -0.3 is 14.2 Å². The Hall–Kier alpha value is -2.37. The van der Waals surface area contributed by atoms with E-state index in [9.17, 15) is 4.79 Å². The molecule has 3 rings (SSSR count). The van der Waals surface area contributed by atoms with Gasteiger partial charge in [0.1, 0.15) is 5.75 Å². The highest BCUT2D eigenvalue weighted by atomic mass is 16.5. The lowest BCUT2D eigenvalue weighted by Crippen LogP contribution is -2.24. The summed E-state index contributed by atoms with van der Waals surface area (Å²) < 4.78 is 10.9. The zero-order valence-electron chi connectivity index (χ0n) is 14.2. The first-order valence-corrected chi connectivity index (χ1v) is 8.51. The zero-order chi connectivity index (χ0) is 16.9. The van der Waals surface area contributed by atoms with Gasteiger partial charge in [0.2, 0.25) is 11.8 Å². The average Bonchev–Trinajstić information content (AvgIpc) is 3.21. The number of carbonyl (C=O) groups is 1. The lowest BCUT2D eigenvalue weighted by molar-refractivity contribution is -0.128. The Labute approximate surface area is 141 Å². The van der Waals surface area contributed by atoms with Gasteiger partial charge >= 0.3 is 0 Å². The highest BCUT2D eigenvalue weighted by Crippen LogP contribution is 2.28. The van der Waals surface area contributed by atoms with Crippen LogP contribution in [0.3, 0.4) is 0 Å². The van der Waals surface area contributed by atoms with E-state index in [2.05, 4.69) is 17.1 Å². The Kier molecular flexibility index (Phi) is 5.13. The Morgan fingerprint density at radius 3 is 2.75 bits per heavy atom. The maximum absolute atomic E-state index is 12.3. The van der Waals surface area contributed by atoms with Crippen molar-refractivity contribution in [2.75, 3.05) is 13.2 Å². The van der Waals surface area contributed by atoms with E-state index in [1.165, 1.54) is 0 Å². The van der Waals surface area contributed by atoms with Gasteiger partial charge in [-0.15, -0.1) is 0 Å². The largest absolute Gasteiger partial charge is 0.494 e. The van der Waals surface area contributed by atoms with Crippen molar-refractivity contribution in [2.24, 2.45) is 0 Å². The minimum atomic E-state index is -0.00235. The lowest BCUT2D eigenvalue weighted by atomic mass is 10.1. The molecule has 24 heavy (non-hydrogen) atoms. The van der Waals surface area contributed by atoms with Crippen LogP contribution in [0.1, 0.15) is 49.9 Å². The van der Waals surface area contributed by atoms with Gasteiger partial charge in [0.15, 0.2) is 5.82 Å². The summed E-state index contributed by atoms with van der Waals surface area (Å²) in [4.78, 5) is 18.5. The summed E-state index contributed by atoms with van der Waals surface area (Å²) in [7, 11) is 0. The summed E-state index contributed by atoms with van der Waals surface area (Å²) >= 11 is 0. The first-order valence-electron chi connectivity index (χ1n) is 8.51. The average molecular weight is 329 g/mol. The molecule has 1 aromatic carbocycles. The smallest absolute Gasteiger partial charge is 0.232 e. The molecule has 0 bridgehead atoms. The van der Waals surface area contributed by atoms with Crippen molar-refractivity contribution >= 4 is 5.91 Å². The van der Waals surface area contributed by atoms with Crippen molar-refractivity contribution in [3.63, 3.8) is 0 Å². The quantitative estimate of drug-likeness (QED) is 0.781. The minimum absolute atomic E-state index is 0.00235. The van der Waals surface area contributed by atoms with Crippen molar-refractivity contribution in [1.29, 1.82) is 0 Å². The summed E-state index contributed by atoms with van der Waals surface area (Å²) in [5.41, 5.74) is 1.09. The summed E-state index contributed by atoms with van der Waals surface area (Å²) in [6.45, 7) is 6.00. The molecule has 0 aliphatic carbocycles. The summed E-state index contributed by atoms with van der Waals surface area (Å²) in [6.07, 6.45) is 2.16. The molecule has 1 fully saturated rings. The van der Waals surface area contributed by atoms with Gasteiger partial charge in [0.05, 0.1) is 12.5 Å². The number of hydrogen-bond donors (Lipinski definition) is 0. The highest BCUT2D eigenvalue weighted by Gasteiger charge is 2.34. The number of amides is 1. The summed E-state index contributed by atoms with van der Waals surface area (Å²) in [6, 6.07) is 7.92. The Bertz CT molecular complexity index is 681. The van der Waals surface area contributed by atoms with Gasteiger partial charge in [-0.05, 0) is 24.1 Å². The van der Waals surface area contributed by atoms with Gasteiger partial charge in [-0.3, -0.25) is 4.79 Å². The molecule has 1 unspecified atom stereocenters. The maximum Gasteiger partial charge on any atom is 0.232 e. The van der Waals surface area contributed by atoms with Crippen LogP contribution in [0.2, 0.25) is 0 Å². The second kappa shape index (κ2) is 7.47. The van der Waals surface area contributed by atoms with Crippen molar-refractivity contribution < 1.29 is 14.1 Å². The monoisotopic (exact) mass is 329 g/mol. The second-order valence-electron chi connectivity index (χ2n) is 6.07. The number of aryl methyl sites for hydroxylation is 1.